The Labute approximate surface area is 129 Å². The second-order valence-electron chi connectivity index (χ2n) is 6.32. The topological polar surface area (TPSA) is 46.2 Å². The van der Waals surface area contributed by atoms with Gasteiger partial charge in [0.05, 0.1) is 11.0 Å². The molecule has 0 aliphatic heterocycles. The Morgan fingerprint density at radius 3 is 2.67 bits per heavy atom. The van der Waals surface area contributed by atoms with Gasteiger partial charge in [-0.25, -0.2) is 8.42 Å². The molecule has 0 spiro atoms. The molecule has 0 bridgehead atoms. The zero-order chi connectivity index (χ0) is 15.5. The van der Waals surface area contributed by atoms with Gasteiger partial charge in [-0.05, 0) is 44.7 Å². The first-order valence-electron chi connectivity index (χ1n) is 7.90. The summed E-state index contributed by atoms with van der Waals surface area (Å²) in [6.45, 7) is 4.16. The summed E-state index contributed by atoms with van der Waals surface area (Å²) in [5.74, 6) is 0.709. The van der Waals surface area contributed by atoms with Crippen LogP contribution in [0.15, 0.2) is 24.3 Å². The highest BCUT2D eigenvalue weighted by molar-refractivity contribution is 7.91. The molecule has 3 atom stereocenters. The zero-order valence-corrected chi connectivity index (χ0v) is 14.1. The van der Waals surface area contributed by atoms with Crippen molar-refractivity contribution in [2.75, 3.05) is 7.05 Å². The van der Waals surface area contributed by atoms with Crippen molar-refractivity contribution in [1.29, 1.82) is 0 Å². The second-order valence-corrected chi connectivity index (χ2v) is 8.54. The first-order chi connectivity index (χ1) is 9.96. The molecule has 1 fully saturated rings. The van der Waals surface area contributed by atoms with Gasteiger partial charge in [-0.1, -0.05) is 43.2 Å². The molecule has 0 radical (unpaired) electrons. The summed E-state index contributed by atoms with van der Waals surface area (Å²) in [7, 11) is -1.24. The number of nitrogens with one attached hydrogen (secondary N) is 1. The van der Waals surface area contributed by atoms with E-state index in [1.807, 2.05) is 38.2 Å². The molecule has 3 unspecified atom stereocenters. The summed E-state index contributed by atoms with van der Waals surface area (Å²) in [5.41, 5.74) is 2.02. The average molecular weight is 309 g/mol. The molecular weight excluding hydrogens is 282 g/mol. The summed E-state index contributed by atoms with van der Waals surface area (Å²) in [4.78, 5) is 0. The van der Waals surface area contributed by atoms with Crippen LogP contribution in [0.2, 0.25) is 0 Å². The van der Waals surface area contributed by atoms with Crippen LogP contribution in [0.4, 0.5) is 0 Å². The highest BCUT2D eigenvalue weighted by Gasteiger charge is 2.37. The molecule has 0 saturated heterocycles. The van der Waals surface area contributed by atoms with Crippen LogP contribution in [0.1, 0.15) is 43.7 Å². The molecule has 1 aromatic carbocycles. The van der Waals surface area contributed by atoms with Gasteiger partial charge in [-0.3, -0.25) is 0 Å². The van der Waals surface area contributed by atoms with E-state index in [1.54, 1.807) is 0 Å². The van der Waals surface area contributed by atoms with Crippen LogP contribution in [0.5, 0.6) is 0 Å². The molecule has 1 aromatic rings. The zero-order valence-electron chi connectivity index (χ0n) is 13.3. The van der Waals surface area contributed by atoms with Crippen molar-refractivity contribution in [1.82, 2.24) is 5.32 Å². The van der Waals surface area contributed by atoms with Crippen molar-refractivity contribution in [2.24, 2.45) is 5.92 Å². The average Bonchev–Trinajstić information content (AvgIpc) is 2.46. The molecule has 1 aliphatic carbocycles. The lowest BCUT2D eigenvalue weighted by atomic mass is 9.84. The summed E-state index contributed by atoms with van der Waals surface area (Å²) in [6.07, 6.45) is 3.98. The lowest BCUT2D eigenvalue weighted by molar-refractivity contribution is 0.296. The van der Waals surface area contributed by atoms with E-state index >= 15 is 0 Å². The SMILES string of the molecule is CCC1CCC(NC)C(S(=O)(=O)Cc2cccc(C)c2)C1. The van der Waals surface area contributed by atoms with Crippen molar-refractivity contribution in [3.63, 3.8) is 0 Å². The fourth-order valence-corrected chi connectivity index (χ4v) is 5.65. The van der Waals surface area contributed by atoms with Crippen molar-refractivity contribution in [2.45, 2.75) is 56.6 Å². The Balaban J connectivity index is 2.19. The molecule has 4 heteroatoms. The van der Waals surface area contributed by atoms with Crippen molar-refractivity contribution >= 4 is 9.84 Å². The fraction of sp³-hybridized carbons (Fsp3) is 0.647. The van der Waals surface area contributed by atoms with Gasteiger partial charge < -0.3 is 5.32 Å². The van der Waals surface area contributed by atoms with Crippen molar-refractivity contribution < 1.29 is 8.42 Å². The molecule has 0 aromatic heterocycles. The molecule has 1 aliphatic rings. The molecule has 2 rings (SSSR count). The van der Waals surface area contributed by atoms with Gasteiger partial charge in [0.25, 0.3) is 0 Å². The molecule has 0 amide bonds. The number of hydrogen-bond donors (Lipinski definition) is 1. The summed E-state index contributed by atoms with van der Waals surface area (Å²) in [6, 6.07) is 7.93. The fourth-order valence-electron chi connectivity index (χ4n) is 3.45. The molecule has 1 N–H and O–H groups in total. The van der Waals surface area contributed by atoms with Gasteiger partial charge in [-0.2, -0.15) is 0 Å². The maximum Gasteiger partial charge on any atom is 0.158 e. The Morgan fingerprint density at radius 2 is 2.05 bits per heavy atom. The highest BCUT2D eigenvalue weighted by atomic mass is 32.2. The van der Waals surface area contributed by atoms with E-state index in [0.29, 0.717) is 5.92 Å². The first-order valence-corrected chi connectivity index (χ1v) is 9.62. The Hall–Kier alpha value is -0.870. The predicted octanol–water partition coefficient (Wildman–Crippen LogP) is 3.08. The van der Waals surface area contributed by atoms with Crippen LogP contribution in [-0.2, 0) is 15.6 Å². The highest BCUT2D eigenvalue weighted by Crippen LogP contribution is 2.32. The van der Waals surface area contributed by atoms with E-state index in [2.05, 4.69) is 12.2 Å². The van der Waals surface area contributed by atoms with Crippen LogP contribution < -0.4 is 5.32 Å². The van der Waals surface area contributed by atoms with Crippen molar-refractivity contribution in [3.8, 4) is 0 Å². The molecule has 0 heterocycles. The third-order valence-corrected chi connectivity index (χ3v) is 6.94. The minimum absolute atomic E-state index is 0.0996. The molecule has 3 nitrogen and oxygen atoms in total. The van der Waals surface area contributed by atoms with E-state index in [0.717, 1.165) is 36.8 Å². The second kappa shape index (κ2) is 6.93. The quantitative estimate of drug-likeness (QED) is 0.909. The summed E-state index contributed by atoms with van der Waals surface area (Å²) >= 11 is 0. The standard InChI is InChI=1S/C17H27NO2S/c1-4-14-8-9-16(18-3)17(11-14)21(19,20)12-15-7-5-6-13(2)10-15/h5-7,10,14,16-18H,4,8-9,11-12H2,1-3H3. The smallest absolute Gasteiger partial charge is 0.158 e. The Kier molecular flexibility index (Phi) is 5.44. The van der Waals surface area contributed by atoms with Gasteiger partial charge in [0.2, 0.25) is 0 Å². The van der Waals surface area contributed by atoms with Crippen LogP contribution in [0.3, 0.4) is 0 Å². The molecule has 21 heavy (non-hydrogen) atoms. The number of benzene rings is 1. The maximum absolute atomic E-state index is 12.9. The number of sulfone groups is 1. The van der Waals surface area contributed by atoms with Crippen LogP contribution in [-0.4, -0.2) is 26.8 Å². The van der Waals surface area contributed by atoms with Gasteiger partial charge in [-0.15, -0.1) is 0 Å². The van der Waals surface area contributed by atoms with E-state index < -0.39 is 9.84 Å². The Bertz CT molecular complexity index is 568. The maximum atomic E-state index is 12.9. The first kappa shape index (κ1) is 16.5. The van der Waals surface area contributed by atoms with E-state index in [4.69, 9.17) is 0 Å². The third-order valence-electron chi connectivity index (χ3n) is 4.76. The van der Waals surface area contributed by atoms with Crippen molar-refractivity contribution in [3.05, 3.63) is 35.4 Å². The Morgan fingerprint density at radius 1 is 1.29 bits per heavy atom. The van der Waals surface area contributed by atoms with Gasteiger partial charge in [0.1, 0.15) is 0 Å². The van der Waals surface area contributed by atoms with E-state index in [-0.39, 0.29) is 17.0 Å². The van der Waals surface area contributed by atoms with Crippen LogP contribution in [0.25, 0.3) is 0 Å². The van der Waals surface area contributed by atoms with Gasteiger partial charge in [0, 0.05) is 6.04 Å². The predicted molar refractivity (Wildman–Crippen MR) is 88.1 cm³/mol. The van der Waals surface area contributed by atoms with Gasteiger partial charge in [0.15, 0.2) is 9.84 Å². The van der Waals surface area contributed by atoms with Crippen LogP contribution in [0, 0.1) is 12.8 Å². The molecule has 1 saturated carbocycles. The minimum atomic E-state index is -3.12. The number of aryl methyl sites for hydroxylation is 1. The third kappa shape index (κ3) is 4.07. The molecular formula is C17H27NO2S. The number of hydrogen-bond acceptors (Lipinski definition) is 3. The van der Waals surface area contributed by atoms with E-state index in [9.17, 15) is 8.42 Å². The lowest BCUT2D eigenvalue weighted by Gasteiger charge is -2.35. The van der Waals surface area contributed by atoms with Gasteiger partial charge >= 0.3 is 0 Å². The number of rotatable bonds is 5. The summed E-state index contributed by atoms with van der Waals surface area (Å²) < 4.78 is 25.7. The largest absolute Gasteiger partial charge is 0.316 e. The summed E-state index contributed by atoms with van der Waals surface area (Å²) in [5, 5.41) is 2.97. The van der Waals surface area contributed by atoms with E-state index in [1.165, 1.54) is 0 Å². The minimum Gasteiger partial charge on any atom is -0.316 e. The lowest BCUT2D eigenvalue weighted by Crippen LogP contribution is -2.47. The normalized spacial score (nSPS) is 26.7. The van der Waals surface area contributed by atoms with Crippen LogP contribution >= 0.6 is 0 Å². The monoisotopic (exact) mass is 309 g/mol. The molecule has 118 valence electrons.